The lowest BCUT2D eigenvalue weighted by atomic mass is 10.0. The number of carbonyl (C=O) groups is 1. The average molecular weight is 264 g/mol. The smallest absolute Gasteiger partial charge is 0.426 e. The van der Waals surface area contributed by atoms with E-state index in [2.05, 4.69) is 31.4 Å². The summed E-state index contributed by atoms with van der Waals surface area (Å²) in [5.74, 6) is 0.454. The maximum atomic E-state index is 11.7. The molecule has 0 unspecified atom stereocenters. The van der Waals surface area contributed by atoms with Crippen molar-refractivity contribution in [1.82, 2.24) is 5.43 Å². The van der Waals surface area contributed by atoms with E-state index in [0.717, 1.165) is 5.69 Å². The van der Waals surface area contributed by atoms with Gasteiger partial charge in [0.15, 0.2) is 0 Å². The minimum absolute atomic E-state index is 0.454. The van der Waals surface area contributed by atoms with E-state index < -0.39 is 11.7 Å². The number of nitrogens with zero attached hydrogens (tertiary/aromatic N) is 1. The molecule has 0 saturated carbocycles. The van der Waals surface area contributed by atoms with Crippen LogP contribution in [0.25, 0.3) is 0 Å². The van der Waals surface area contributed by atoms with Gasteiger partial charge in [0.05, 0.1) is 5.69 Å². The van der Waals surface area contributed by atoms with Crippen LogP contribution in [0.15, 0.2) is 24.3 Å². The van der Waals surface area contributed by atoms with E-state index in [-0.39, 0.29) is 0 Å². The van der Waals surface area contributed by atoms with Gasteiger partial charge in [-0.1, -0.05) is 26.0 Å². The fourth-order valence-corrected chi connectivity index (χ4v) is 1.59. The lowest BCUT2D eigenvalue weighted by molar-refractivity contribution is 0.0524. The summed E-state index contributed by atoms with van der Waals surface area (Å²) in [6.07, 6.45) is -0.454. The van der Waals surface area contributed by atoms with Crippen LogP contribution in [0, 0.1) is 0 Å². The van der Waals surface area contributed by atoms with Gasteiger partial charge in [-0.15, -0.1) is 0 Å². The standard InChI is InChI=1S/C15H24N2O2/c1-11(2)12-8-7-9-13(10-12)17(6)16-14(18)19-15(3,4)5/h7-11H,1-6H3,(H,16,18). The van der Waals surface area contributed by atoms with Crippen molar-refractivity contribution in [2.24, 2.45) is 0 Å². The monoisotopic (exact) mass is 264 g/mol. The van der Waals surface area contributed by atoms with Crippen LogP contribution in [0.1, 0.15) is 46.1 Å². The van der Waals surface area contributed by atoms with Crippen LogP contribution < -0.4 is 10.4 Å². The van der Waals surface area contributed by atoms with Gasteiger partial charge in [-0.05, 0) is 44.4 Å². The van der Waals surface area contributed by atoms with Crippen LogP contribution in [0.3, 0.4) is 0 Å². The Morgan fingerprint density at radius 3 is 2.47 bits per heavy atom. The summed E-state index contributed by atoms with van der Waals surface area (Å²) in [7, 11) is 1.80. The third-order valence-electron chi connectivity index (χ3n) is 2.58. The molecule has 4 nitrogen and oxygen atoms in total. The molecule has 0 fully saturated rings. The van der Waals surface area contributed by atoms with Gasteiger partial charge in [-0.25, -0.2) is 10.2 Å². The largest absolute Gasteiger partial charge is 0.443 e. The number of hydrogen-bond acceptors (Lipinski definition) is 3. The molecule has 0 aliphatic heterocycles. The minimum Gasteiger partial charge on any atom is -0.443 e. The van der Waals surface area contributed by atoms with Gasteiger partial charge < -0.3 is 4.74 Å². The number of benzene rings is 1. The molecule has 1 amide bonds. The van der Waals surface area contributed by atoms with Crippen molar-refractivity contribution in [3.63, 3.8) is 0 Å². The molecule has 106 valence electrons. The highest BCUT2D eigenvalue weighted by molar-refractivity contribution is 5.70. The Kier molecular flexibility index (Phi) is 4.81. The molecule has 0 aromatic heterocycles. The molecule has 0 heterocycles. The molecule has 1 aromatic rings. The molecule has 1 rings (SSSR count). The van der Waals surface area contributed by atoms with Crippen molar-refractivity contribution in [3.05, 3.63) is 29.8 Å². The minimum atomic E-state index is -0.495. The molecule has 4 heteroatoms. The third kappa shape index (κ3) is 5.20. The summed E-state index contributed by atoms with van der Waals surface area (Å²) in [5, 5.41) is 1.67. The maximum absolute atomic E-state index is 11.7. The lowest BCUT2D eigenvalue weighted by Crippen LogP contribution is -2.42. The zero-order valence-electron chi connectivity index (χ0n) is 12.7. The van der Waals surface area contributed by atoms with E-state index in [1.54, 1.807) is 12.1 Å². The van der Waals surface area contributed by atoms with E-state index in [1.807, 2.05) is 32.9 Å². The first-order chi connectivity index (χ1) is 8.69. The van der Waals surface area contributed by atoms with Gasteiger partial charge in [-0.3, -0.25) is 5.01 Å². The van der Waals surface area contributed by atoms with Gasteiger partial charge in [0.25, 0.3) is 0 Å². The fraction of sp³-hybridized carbons (Fsp3) is 0.533. The second-order valence-corrected chi connectivity index (χ2v) is 5.92. The van der Waals surface area contributed by atoms with Gasteiger partial charge in [0.1, 0.15) is 5.60 Å². The van der Waals surface area contributed by atoms with Crippen molar-refractivity contribution < 1.29 is 9.53 Å². The molecular weight excluding hydrogens is 240 g/mol. The molecule has 1 aromatic carbocycles. The van der Waals surface area contributed by atoms with Gasteiger partial charge in [-0.2, -0.15) is 0 Å². The fourth-order valence-electron chi connectivity index (χ4n) is 1.59. The van der Waals surface area contributed by atoms with E-state index >= 15 is 0 Å². The molecular formula is C15H24N2O2. The molecule has 0 bridgehead atoms. The van der Waals surface area contributed by atoms with Gasteiger partial charge in [0, 0.05) is 7.05 Å². The van der Waals surface area contributed by atoms with E-state index in [9.17, 15) is 4.79 Å². The van der Waals surface area contributed by atoms with Crippen LogP contribution in [0.5, 0.6) is 0 Å². The second-order valence-electron chi connectivity index (χ2n) is 5.92. The van der Waals surface area contributed by atoms with Crippen molar-refractivity contribution in [1.29, 1.82) is 0 Å². The number of carbonyl (C=O) groups excluding carboxylic acids is 1. The molecule has 0 spiro atoms. The molecule has 1 N–H and O–H groups in total. The Morgan fingerprint density at radius 2 is 1.95 bits per heavy atom. The SMILES string of the molecule is CC(C)c1cccc(N(C)NC(=O)OC(C)(C)C)c1. The Morgan fingerprint density at radius 1 is 1.32 bits per heavy atom. The Balaban J connectivity index is 2.70. The van der Waals surface area contributed by atoms with Crippen molar-refractivity contribution >= 4 is 11.8 Å². The van der Waals surface area contributed by atoms with Crippen LogP contribution in [0.2, 0.25) is 0 Å². The molecule has 0 atom stereocenters. The highest BCUT2D eigenvalue weighted by Crippen LogP contribution is 2.20. The molecule has 19 heavy (non-hydrogen) atoms. The predicted molar refractivity (Wildman–Crippen MR) is 78.3 cm³/mol. The summed E-state index contributed by atoms with van der Waals surface area (Å²) in [5.41, 5.74) is 4.36. The number of amides is 1. The first kappa shape index (κ1) is 15.3. The predicted octanol–water partition coefficient (Wildman–Crippen LogP) is 3.69. The summed E-state index contributed by atoms with van der Waals surface area (Å²) < 4.78 is 5.22. The Hall–Kier alpha value is -1.71. The number of hydrogen-bond donors (Lipinski definition) is 1. The van der Waals surface area contributed by atoms with Crippen LogP contribution in [-0.2, 0) is 4.74 Å². The highest BCUT2D eigenvalue weighted by Gasteiger charge is 2.17. The summed E-state index contributed by atoms with van der Waals surface area (Å²) >= 11 is 0. The third-order valence-corrected chi connectivity index (χ3v) is 2.58. The number of rotatable bonds is 3. The molecule has 0 saturated heterocycles. The van der Waals surface area contributed by atoms with Crippen molar-refractivity contribution in [3.8, 4) is 0 Å². The Labute approximate surface area is 115 Å². The first-order valence-electron chi connectivity index (χ1n) is 6.52. The molecule has 0 radical (unpaired) electrons. The van der Waals surface area contributed by atoms with E-state index in [0.29, 0.717) is 5.92 Å². The lowest BCUT2D eigenvalue weighted by Gasteiger charge is -2.25. The first-order valence-corrected chi connectivity index (χ1v) is 6.52. The van der Waals surface area contributed by atoms with Crippen molar-refractivity contribution in [2.45, 2.75) is 46.1 Å². The Bertz CT molecular complexity index is 436. The van der Waals surface area contributed by atoms with E-state index in [1.165, 1.54) is 5.56 Å². The number of ether oxygens (including phenoxy) is 1. The van der Waals surface area contributed by atoms with Crippen LogP contribution in [0.4, 0.5) is 10.5 Å². The summed E-state index contributed by atoms with van der Waals surface area (Å²) in [6.45, 7) is 9.80. The molecule has 0 aliphatic rings. The molecule has 0 aliphatic carbocycles. The normalized spacial score (nSPS) is 11.3. The number of nitrogens with one attached hydrogen (secondary N) is 1. The number of anilines is 1. The van der Waals surface area contributed by atoms with Crippen LogP contribution in [-0.4, -0.2) is 18.7 Å². The van der Waals surface area contributed by atoms with Crippen LogP contribution >= 0.6 is 0 Å². The maximum Gasteiger partial charge on any atom is 0.426 e. The quantitative estimate of drug-likeness (QED) is 0.847. The van der Waals surface area contributed by atoms with E-state index in [4.69, 9.17) is 4.74 Å². The zero-order valence-corrected chi connectivity index (χ0v) is 12.7. The van der Waals surface area contributed by atoms with Gasteiger partial charge in [0.2, 0.25) is 0 Å². The zero-order chi connectivity index (χ0) is 14.6. The van der Waals surface area contributed by atoms with Gasteiger partial charge >= 0.3 is 6.09 Å². The van der Waals surface area contributed by atoms with Crippen molar-refractivity contribution in [2.75, 3.05) is 12.1 Å². The number of hydrazine groups is 1. The topological polar surface area (TPSA) is 41.6 Å². The summed E-state index contributed by atoms with van der Waals surface area (Å²) in [6, 6.07) is 8.07. The highest BCUT2D eigenvalue weighted by atomic mass is 16.6. The summed E-state index contributed by atoms with van der Waals surface area (Å²) in [4.78, 5) is 11.7. The average Bonchev–Trinajstić information content (AvgIpc) is 2.26. The second kappa shape index (κ2) is 5.95.